The van der Waals surface area contributed by atoms with Crippen LogP contribution in [-0.4, -0.2) is 24.2 Å². The number of nitrogens with two attached hydrogens (primary N) is 1. The minimum absolute atomic E-state index is 0.349. The van der Waals surface area contributed by atoms with Crippen LogP contribution >= 0.6 is 0 Å². The molecule has 0 spiro atoms. The second-order valence-corrected chi connectivity index (χ2v) is 6.47. The van der Waals surface area contributed by atoms with E-state index in [0.717, 1.165) is 10.5 Å². The zero-order chi connectivity index (χ0) is 12.9. The van der Waals surface area contributed by atoms with E-state index in [9.17, 15) is 0 Å². The highest BCUT2D eigenvalue weighted by atomic mass is 16.3. The number of nitrogens with zero attached hydrogens (tertiary/aromatic N) is 1. The van der Waals surface area contributed by atoms with Crippen molar-refractivity contribution in [1.29, 1.82) is 0 Å². The van der Waals surface area contributed by atoms with E-state index in [2.05, 4.69) is 33.5 Å². The van der Waals surface area contributed by atoms with Crippen LogP contribution in [0, 0.1) is 5.92 Å². The van der Waals surface area contributed by atoms with Crippen LogP contribution in [0.1, 0.15) is 65.2 Å². The van der Waals surface area contributed by atoms with Crippen LogP contribution in [-0.2, 0) is 0 Å². The maximum absolute atomic E-state index is 5.79. The van der Waals surface area contributed by atoms with Gasteiger partial charge >= 0.3 is 0 Å². The van der Waals surface area contributed by atoms with Crippen molar-refractivity contribution in [3.63, 3.8) is 0 Å². The highest BCUT2D eigenvalue weighted by Crippen LogP contribution is 2.40. The third-order valence-electron chi connectivity index (χ3n) is 4.80. The van der Waals surface area contributed by atoms with E-state index >= 15 is 0 Å². The fourth-order valence-corrected chi connectivity index (χ4v) is 3.58. The summed E-state index contributed by atoms with van der Waals surface area (Å²) in [5.74, 6) is 6.60. The first-order chi connectivity index (χ1) is 7.97. The van der Waals surface area contributed by atoms with Crippen molar-refractivity contribution in [2.45, 2.75) is 70.8 Å². The molecule has 0 saturated heterocycles. The summed E-state index contributed by atoms with van der Waals surface area (Å²) in [4.78, 5) is 0. The van der Waals surface area contributed by atoms with E-state index in [-0.39, 0.29) is 0 Å². The molecule has 1 atom stereocenters. The highest BCUT2D eigenvalue weighted by molar-refractivity contribution is 4.85. The van der Waals surface area contributed by atoms with Crippen molar-refractivity contribution in [2.24, 2.45) is 11.8 Å². The number of quaternary nitrogens is 1. The van der Waals surface area contributed by atoms with Gasteiger partial charge in [-0.3, -0.25) is 0 Å². The molecule has 0 bridgehead atoms. The van der Waals surface area contributed by atoms with Gasteiger partial charge < -0.3 is 0 Å². The predicted molar refractivity (Wildman–Crippen MR) is 73.9 cm³/mol. The molecule has 0 aromatic carbocycles. The van der Waals surface area contributed by atoms with Crippen molar-refractivity contribution in [3.05, 3.63) is 0 Å². The maximum atomic E-state index is 5.79. The minimum Gasteiger partial charge on any atom is -0.232 e. The van der Waals surface area contributed by atoms with E-state index in [1.165, 1.54) is 51.4 Å². The molecule has 1 aliphatic carbocycles. The summed E-state index contributed by atoms with van der Waals surface area (Å²) < 4.78 is 0.765. The van der Waals surface area contributed by atoms with Gasteiger partial charge in [-0.15, -0.1) is 5.53 Å². The second kappa shape index (κ2) is 6.17. The molecule has 0 radical (unpaired) electrons. The lowest BCUT2D eigenvalue weighted by Crippen LogP contribution is -2.69. The van der Waals surface area contributed by atoms with Gasteiger partial charge in [0.05, 0.1) is 14.1 Å². The quantitative estimate of drug-likeness (QED) is 0.326. The standard InChI is InChI=1S/C14H32N3/c1-5-9-13(2)12-14(17(3,4)16-15)10-7-6-8-11-14/h13,16H,5-12,15H2,1-4H3/q+1/i17+1. The second-order valence-electron chi connectivity index (χ2n) is 6.47. The zero-order valence-electron chi connectivity index (χ0n) is 12.3. The summed E-state index contributed by atoms with van der Waals surface area (Å²) in [5, 5.41) is 0. The summed E-state index contributed by atoms with van der Waals surface area (Å²) in [7, 11) is 4.45. The van der Waals surface area contributed by atoms with Gasteiger partial charge in [0, 0.05) is 19.3 Å². The Kier molecular flexibility index (Phi) is 5.42. The van der Waals surface area contributed by atoms with Crippen LogP contribution in [0.25, 0.3) is 0 Å². The highest BCUT2D eigenvalue weighted by Gasteiger charge is 2.46. The van der Waals surface area contributed by atoms with Crippen LogP contribution in [0.3, 0.4) is 0 Å². The smallest absolute Gasteiger partial charge is 0.118 e. The molecule has 1 saturated carbocycles. The van der Waals surface area contributed by atoms with Crippen molar-refractivity contribution >= 4 is 0 Å². The molecule has 1 aliphatic rings. The Balaban J connectivity index is 2.78. The van der Waals surface area contributed by atoms with E-state index < -0.39 is 0 Å². The van der Waals surface area contributed by atoms with Crippen LogP contribution < -0.4 is 11.4 Å². The number of hydrogen-bond donors (Lipinski definition) is 2. The van der Waals surface area contributed by atoms with Gasteiger partial charge in [0.1, 0.15) is 5.54 Å². The first-order valence-corrected chi connectivity index (χ1v) is 7.29. The molecule has 0 aromatic heterocycles. The molecule has 17 heavy (non-hydrogen) atoms. The van der Waals surface area contributed by atoms with Crippen LogP contribution in [0.4, 0.5) is 0 Å². The molecule has 1 fully saturated rings. The van der Waals surface area contributed by atoms with Gasteiger partial charge in [0.2, 0.25) is 0 Å². The van der Waals surface area contributed by atoms with Gasteiger partial charge in [0.25, 0.3) is 0 Å². The lowest BCUT2D eigenvalue weighted by Gasteiger charge is -2.50. The lowest BCUT2D eigenvalue weighted by atomic mass is 9.76. The summed E-state index contributed by atoms with van der Waals surface area (Å²) >= 11 is 0. The molecule has 0 aromatic rings. The number of hydrazine groups is 1. The monoisotopic (exact) mass is 243 g/mol. The minimum atomic E-state index is 0.349. The fourth-order valence-electron chi connectivity index (χ4n) is 3.58. The van der Waals surface area contributed by atoms with Gasteiger partial charge in [0.15, 0.2) is 0 Å². The zero-order valence-corrected chi connectivity index (χ0v) is 12.3. The largest absolute Gasteiger partial charge is 0.232 e. The van der Waals surface area contributed by atoms with Crippen molar-refractivity contribution in [3.8, 4) is 0 Å². The Morgan fingerprint density at radius 2 is 1.82 bits per heavy atom. The topological polar surface area (TPSA) is 38.0 Å². The van der Waals surface area contributed by atoms with Crippen molar-refractivity contribution in [1.82, 2.24) is 5.53 Å². The molecule has 3 nitrogen and oxygen atoms in total. The molecule has 3 N–H and O–H groups in total. The Labute approximate surface area is 107 Å². The number of nitrogens with one attached hydrogen (secondary N) is 1. The average Bonchev–Trinajstić information content (AvgIpc) is 2.30. The fraction of sp³-hybridized carbons (Fsp3) is 1.00. The molecule has 0 amide bonds. The lowest BCUT2D eigenvalue weighted by molar-refractivity contribution is -0.986. The van der Waals surface area contributed by atoms with Crippen LogP contribution in [0.5, 0.6) is 0 Å². The first-order valence-electron chi connectivity index (χ1n) is 7.29. The van der Waals surface area contributed by atoms with Crippen LogP contribution in [0.15, 0.2) is 0 Å². The predicted octanol–water partition coefficient (Wildman–Crippen LogP) is 2.97. The normalized spacial score (nSPS) is 22.4. The Bertz CT molecular complexity index is 220. The van der Waals surface area contributed by atoms with Gasteiger partial charge in [-0.05, 0) is 18.8 Å². The van der Waals surface area contributed by atoms with Crippen molar-refractivity contribution in [2.75, 3.05) is 14.1 Å². The van der Waals surface area contributed by atoms with E-state index in [0.29, 0.717) is 5.54 Å². The molecule has 3 heteroatoms. The molecule has 1 rings (SSSR count). The average molecular weight is 243 g/mol. The third kappa shape index (κ3) is 3.43. The third-order valence-corrected chi connectivity index (χ3v) is 4.80. The maximum Gasteiger partial charge on any atom is 0.118 e. The molecular formula is C14H32N3+. The van der Waals surface area contributed by atoms with Crippen molar-refractivity contribution < 1.29 is 4.59 Å². The van der Waals surface area contributed by atoms with E-state index in [1.807, 2.05) is 0 Å². The summed E-state index contributed by atoms with van der Waals surface area (Å²) in [6.45, 7) is 4.68. The first kappa shape index (κ1) is 14.9. The Hall–Kier alpha value is -0.120. The summed E-state index contributed by atoms with van der Waals surface area (Å²) in [6, 6.07) is 0. The summed E-state index contributed by atoms with van der Waals surface area (Å²) in [6.07, 6.45) is 10.7. The van der Waals surface area contributed by atoms with Gasteiger partial charge in [-0.25, -0.2) is 10.4 Å². The molecule has 0 heterocycles. The van der Waals surface area contributed by atoms with Gasteiger partial charge in [-0.2, -0.15) is 0 Å². The number of rotatable bonds is 6. The number of hydrogen-bond acceptors (Lipinski definition) is 2. The van der Waals surface area contributed by atoms with Crippen LogP contribution in [0.2, 0.25) is 0 Å². The molecule has 102 valence electrons. The SMILES string of the molecule is CCCC(C)CC1([15N+](C)(C)NN)CCCCC1. The molecule has 0 aliphatic heterocycles. The van der Waals surface area contributed by atoms with E-state index in [1.54, 1.807) is 0 Å². The van der Waals surface area contributed by atoms with E-state index in [4.69, 9.17) is 5.84 Å². The molecule has 1 unspecified atom stereocenters. The Morgan fingerprint density at radius 1 is 1.24 bits per heavy atom. The summed E-state index contributed by atoms with van der Waals surface area (Å²) in [5.41, 5.74) is 3.39. The van der Waals surface area contributed by atoms with Gasteiger partial charge in [-0.1, -0.05) is 33.1 Å². The Morgan fingerprint density at radius 3 is 2.29 bits per heavy atom. The molecular weight excluding hydrogens is 211 g/mol.